The van der Waals surface area contributed by atoms with Crippen LogP contribution in [-0.2, 0) is 6.18 Å². The van der Waals surface area contributed by atoms with Gasteiger partial charge in [0.1, 0.15) is 0 Å². The van der Waals surface area contributed by atoms with Crippen LogP contribution in [0.3, 0.4) is 0 Å². The zero-order valence-corrected chi connectivity index (χ0v) is 13.3. The molecule has 118 valence electrons. The minimum absolute atomic E-state index is 0.208. The number of hydrogen-bond donors (Lipinski definition) is 1. The third-order valence-electron chi connectivity index (χ3n) is 4.05. The number of aromatic nitrogens is 1. The molecule has 2 nitrogen and oxygen atoms in total. The monoisotopic (exact) mass is 318 g/mol. The van der Waals surface area contributed by atoms with Crippen molar-refractivity contribution in [3.8, 4) is 0 Å². The molecule has 1 aliphatic rings. The molecule has 21 heavy (non-hydrogen) atoms. The first-order valence-corrected chi connectivity index (χ1v) is 8.05. The molecule has 2 atom stereocenters. The van der Waals surface area contributed by atoms with Crippen molar-refractivity contribution in [1.82, 2.24) is 10.3 Å². The summed E-state index contributed by atoms with van der Waals surface area (Å²) in [7, 11) is 0. The van der Waals surface area contributed by atoms with Gasteiger partial charge in [-0.3, -0.25) is 0 Å². The summed E-state index contributed by atoms with van der Waals surface area (Å²) in [5.74, 6) is 0. The van der Waals surface area contributed by atoms with Crippen LogP contribution in [0.5, 0.6) is 0 Å². The second-order valence-corrected chi connectivity index (χ2v) is 7.36. The van der Waals surface area contributed by atoms with Crippen molar-refractivity contribution in [2.75, 3.05) is 6.54 Å². The molecule has 1 saturated carbocycles. The molecule has 0 aliphatic heterocycles. The summed E-state index contributed by atoms with van der Waals surface area (Å²) in [5, 5.41) is 4.52. The van der Waals surface area contributed by atoms with Gasteiger partial charge in [-0.15, -0.1) is 11.8 Å². The highest BCUT2D eigenvalue weighted by molar-refractivity contribution is 7.99. The number of nitrogens with zero attached hydrogens (tertiary/aromatic N) is 1. The van der Waals surface area contributed by atoms with Gasteiger partial charge in [-0.1, -0.05) is 20.8 Å². The lowest BCUT2D eigenvalue weighted by atomic mass is 9.87. The van der Waals surface area contributed by atoms with Crippen molar-refractivity contribution in [2.45, 2.75) is 56.1 Å². The Bertz CT molecular complexity index is 471. The van der Waals surface area contributed by atoms with E-state index < -0.39 is 11.7 Å². The lowest BCUT2D eigenvalue weighted by Crippen LogP contribution is -2.43. The van der Waals surface area contributed by atoms with E-state index in [1.807, 2.05) is 0 Å². The number of hydrogen-bond acceptors (Lipinski definition) is 3. The van der Waals surface area contributed by atoms with E-state index in [-0.39, 0.29) is 5.41 Å². The molecule has 1 aromatic rings. The Labute approximate surface area is 127 Å². The van der Waals surface area contributed by atoms with Gasteiger partial charge in [-0.05, 0) is 36.9 Å². The zero-order valence-electron chi connectivity index (χ0n) is 12.5. The van der Waals surface area contributed by atoms with E-state index in [0.29, 0.717) is 16.3 Å². The number of alkyl halides is 3. The van der Waals surface area contributed by atoms with Crippen LogP contribution in [0.1, 0.15) is 39.2 Å². The molecular weight excluding hydrogens is 297 g/mol. The first kappa shape index (κ1) is 16.6. The number of pyridine rings is 1. The summed E-state index contributed by atoms with van der Waals surface area (Å²) in [6, 6.07) is 2.94. The molecule has 2 rings (SSSR count). The SMILES string of the molecule is CCNC1C(Sc2ccc(C(F)(F)F)cn2)CCC1(C)C. The summed E-state index contributed by atoms with van der Waals surface area (Å²) in [6.07, 6.45) is -1.23. The largest absolute Gasteiger partial charge is 0.417 e. The maximum atomic E-state index is 12.5. The molecule has 1 N–H and O–H groups in total. The highest BCUT2D eigenvalue weighted by atomic mass is 32.2. The average molecular weight is 318 g/mol. The van der Waals surface area contributed by atoms with Crippen LogP contribution in [0.2, 0.25) is 0 Å². The predicted molar refractivity (Wildman–Crippen MR) is 79.4 cm³/mol. The van der Waals surface area contributed by atoms with Gasteiger partial charge < -0.3 is 5.32 Å². The van der Waals surface area contributed by atoms with Gasteiger partial charge in [0, 0.05) is 17.5 Å². The molecule has 0 aromatic carbocycles. The Morgan fingerprint density at radius 1 is 1.38 bits per heavy atom. The smallest absolute Gasteiger partial charge is 0.313 e. The lowest BCUT2D eigenvalue weighted by molar-refractivity contribution is -0.137. The molecule has 0 bridgehead atoms. The number of nitrogens with one attached hydrogen (secondary N) is 1. The Morgan fingerprint density at radius 3 is 2.62 bits per heavy atom. The molecule has 1 aliphatic carbocycles. The zero-order chi connectivity index (χ0) is 15.7. The normalized spacial score (nSPS) is 25.2. The van der Waals surface area contributed by atoms with Crippen LogP contribution in [-0.4, -0.2) is 22.8 Å². The van der Waals surface area contributed by atoms with Crippen LogP contribution in [0.25, 0.3) is 0 Å². The summed E-state index contributed by atoms with van der Waals surface area (Å²) in [6.45, 7) is 7.44. The molecule has 0 amide bonds. The molecule has 1 fully saturated rings. The summed E-state index contributed by atoms with van der Waals surface area (Å²) in [4.78, 5) is 3.97. The van der Waals surface area contributed by atoms with Gasteiger partial charge in [0.05, 0.1) is 10.6 Å². The van der Waals surface area contributed by atoms with Crippen molar-refractivity contribution in [3.05, 3.63) is 23.9 Å². The highest BCUT2D eigenvalue weighted by Crippen LogP contribution is 2.44. The molecule has 0 saturated heterocycles. The molecule has 2 unspecified atom stereocenters. The Balaban J connectivity index is 2.07. The minimum Gasteiger partial charge on any atom is -0.313 e. The Kier molecular flexibility index (Phi) is 4.88. The highest BCUT2D eigenvalue weighted by Gasteiger charge is 2.42. The third kappa shape index (κ3) is 3.92. The van der Waals surface area contributed by atoms with Crippen LogP contribution in [0.4, 0.5) is 13.2 Å². The average Bonchev–Trinajstić information content (AvgIpc) is 2.66. The van der Waals surface area contributed by atoms with Crippen LogP contribution in [0, 0.1) is 5.41 Å². The van der Waals surface area contributed by atoms with Crippen molar-refractivity contribution in [2.24, 2.45) is 5.41 Å². The van der Waals surface area contributed by atoms with Crippen molar-refractivity contribution in [1.29, 1.82) is 0 Å². The maximum absolute atomic E-state index is 12.5. The second kappa shape index (κ2) is 6.16. The van der Waals surface area contributed by atoms with Gasteiger partial charge in [-0.2, -0.15) is 13.2 Å². The lowest BCUT2D eigenvalue weighted by Gasteiger charge is -2.31. The fourth-order valence-corrected chi connectivity index (χ4v) is 4.27. The van der Waals surface area contributed by atoms with E-state index in [0.717, 1.165) is 31.6 Å². The van der Waals surface area contributed by atoms with Crippen LogP contribution >= 0.6 is 11.8 Å². The number of halogens is 3. The quantitative estimate of drug-likeness (QED) is 0.893. The number of thioether (sulfide) groups is 1. The fraction of sp³-hybridized carbons (Fsp3) is 0.667. The molecule has 6 heteroatoms. The second-order valence-electron chi connectivity index (χ2n) is 6.10. The Morgan fingerprint density at radius 2 is 2.10 bits per heavy atom. The van der Waals surface area contributed by atoms with Crippen LogP contribution < -0.4 is 5.32 Å². The van der Waals surface area contributed by atoms with Crippen molar-refractivity contribution in [3.63, 3.8) is 0 Å². The third-order valence-corrected chi connectivity index (χ3v) is 5.34. The van der Waals surface area contributed by atoms with E-state index in [9.17, 15) is 13.2 Å². The van der Waals surface area contributed by atoms with Crippen LogP contribution in [0.15, 0.2) is 23.4 Å². The Hall–Kier alpha value is -0.750. The molecule has 0 spiro atoms. The van der Waals surface area contributed by atoms with E-state index in [1.54, 1.807) is 11.8 Å². The first-order chi connectivity index (χ1) is 9.74. The summed E-state index contributed by atoms with van der Waals surface area (Å²) < 4.78 is 37.6. The molecule has 1 aromatic heterocycles. The topological polar surface area (TPSA) is 24.9 Å². The summed E-state index contributed by atoms with van der Waals surface area (Å²) >= 11 is 1.58. The van der Waals surface area contributed by atoms with Gasteiger partial charge >= 0.3 is 6.18 Å². The van der Waals surface area contributed by atoms with E-state index >= 15 is 0 Å². The molecular formula is C15H21F3N2S. The first-order valence-electron chi connectivity index (χ1n) is 7.17. The predicted octanol–water partition coefficient (Wildman–Crippen LogP) is 4.36. The van der Waals surface area contributed by atoms with Crippen molar-refractivity contribution >= 4 is 11.8 Å². The molecule has 1 heterocycles. The van der Waals surface area contributed by atoms with E-state index in [4.69, 9.17) is 0 Å². The fourth-order valence-electron chi connectivity index (χ4n) is 2.87. The van der Waals surface area contributed by atoms with E-state index in [1.165, 1.54) is 6.07 Å². The van der Waals surface area contributed by atoms with Gasteiger partial charge in [0.25, 0.3) is 0 Å². The van der Waals surface area contributed by atoms with Gasteiger partial charge in [0.15, 0.2) is 0 Å². The van der Waals surface area contributed by atoms with E-state index in [2.05, 4.69) is 31.1 Å². The van der Waals surface area contributed by atoms with Crippen molar-refractivity contribution < 1.29 is 13.2 Å². The maximum Gasteiger partial charge on any atom is 0.417 e. The summed E-state index contributed by atoms with van der Waals surface area (Å²) in [5.41, 5.74) is -0.485. The van der Waals surface area contributed by atoms with Gasteiger partial charge in [-0.25, -0.2) is 4.98 Å². The molecule has 0 radical (unpaired) electrons. The minimum atomic E-state index is -4.32. The van der Waals surface area contributed by atoms with Gasteiger partial charge in [0.2, 0.25) is 0 Å². The number of rotatable bonds is 4. The standard InChI is InChI=1S/C15H21F3N2S/c1-4-19-13-11(7-8-14(13,2)3)21-12-6-5-10(9-20-12)15(16,17)18/h5-6,9,11,13,19H,4,7-8H2,1-3H3.